The number of rotatable bonds is 3. The molecule has 2 atom stereocenters. The van der Waals surface area contributed by atoms with Crippen LogP contribution in [0.5, 0.6) is 0 Å². The zero-order valence-electron chi connectivity index (χ0n) is 9.13. The molecule has 1 saturated heterocycles. The van der Waals surface area contributed by atoms with Gasteiger partial charge in [-0.1, -0.05) is 30.3 Å². The monoisotopic (exact) mass is 251 g/mol. The molecular formula is C12H13NO3S. The number of carboxylic acid groups (broad SMARTS) is 1. The van der Waals surface area contributed by atoms with Crippen molar-refractivity contribution < 1.29 is 14.7 Å². The summed E-state index contributed by atoms with van der Waals surface area (Å²) in [7, 11) is 0. The second kappa shape index (κ2) is 5.23. The smallest absolute Gasteiger partial charge is 0.327 e. The number of hydrogen-bond donors (Lipinski definition) is 2. The summed E-state index contributed by atoms with van der Waals surface area (Å²) in [6, 6.07) is 8.98. The van der Waals surface area contributed by atoms with Crippen molar-refractivity contribution in [2.75, 3.05) is 5.75 Å². The van der Waals surface area contributed by atoms with Crippen LogP contribution >= 0.6 is 11.8 Å². The first-order valence-corrected chi connectivity index (χ1v) is 6.40. The van der Waals surface area contributed by atoms with Gasteiger partial charge in [0.1, 0.15) is 6.04 Å². The fourth-order valence-corrected chi connectivity index (χ4v) is 2.89. The van der Waals surface area contributed by atoms with Crippen molar-refractivity contribution in [1.82, 2.24) is 5.32 Å². The van der Waals surface area contributed by atoms with E-state index in [1.807, 2.05) is 30.3 Å². The van der Waals surface area contributed by atoms with E-state index in [-0.39, 0.29) is 11.2 Å². The van der Waals surface area contributed by atoms with E-state index in [2.05, 4.69) is 5.32 Å². The van der Waals surface area contributed by atoms with Crippen LogP contribution in [0.25, 0.3) is 0 Å². The Balaban J connectivity index is 1.96. The molecule has 0 aromatic heterocycles. The molecule has 2 N–H and O–H groups in total. The number of nitrogens with one attached hydrogen (secondary N) is 1. The molecule has 1 amide bonds. The molecule has 1 aromatic carbocycles. The van der Waals surface area contributed by atoms with Crippen molar-refractivity contribution in [3.8, 4) is 0 Å². The standard InChI is InChI=1S/C12H13NO3S/c14-11-10(6-8-4-2-1-3-5-8)17-7-9(13-11)12(15)16/h1-5,9-10H,6-7H2,(H,13,14)(H,15,16)/t9-,10+/m0/s1. The van der Waals surface area contributed by atoms with Crippen LogP contribution in [0.2, 0.25) is 0 Å². The Kier molecular flexibility index (Phi) is 3.68. The predicted octanol–water partition coefficient (Wildman–Crippen LogP) is 0.914. The molecule has 5 heteroatoms. The summed E-state index contributed by atoms with van der Waals surface area (Å²) in [6.07, 6.45) is 0.643. The summed E-state index contributed by atoms with van der Waals surface area (Å²) in [5.41, 5.74) is 1.09. The van der Waals surface area contributed by atoms with Gasteiger partial charge in [-0.25, -0.2) is 4.79 Å². The Labute approximate surface area is 103 Å². The van der Waals surface area contributed by atoms with Gasteiger partial charge in [-0.15, -0.1) is 11.8 Å². The maximum Gasteiger partial charge on any atom is 0.327 e. The first kappa shape index (κ1) is 12.0. The van der Waals surface area contributed by atoms with E-state index < -0.39 is 12.0 Å². The molecule has 0 bridgehead atoms. The molecule has 0 saturated carbocycles. The first-order chi connectivity index (χ1) is 8.16. The summed E-state index contributed by atoms with van der Waals surface area (Å²) in [4.78, 5) is 22.5. The second-order valence-corrected chi connectivity index (χ2v) is 5.15. The molecule has 17 heavy (non-hydrogen) atoms. The van der Waals surface area contributed by atoms with Crippen molar-refractivity contribution >= 4 is 23.6 Å². The average Bonchev–Trinajstić information content (AvgIpc) is 2.33. The molecule has 0 radical (unpaired) electrons. The number of thioether (sulfide) groups is 1. The number of carbonyl (C=O) groups is 2. The Bertz CT molecular complexity index is 421. The van der Waals surface area contributed by atoms with E-state index in [4.69, 9.17) is 5.11 Å². The van der Waals surface area contributed by atoms with Crippen LogP contribution < -0.4 is 5.32 Å². The summed E-state index contributed by atoms with van der Waals surface area (Å²) in [6.45, 7) is 0. The van der Waals surface area contributed by atoms with Crippen molar-refractivity contribution in [1.29, 1.82) is 0 Å². The zero-order valence-corrected chi connectivity index (χ0v) is 9.94. The minimum Gasteiger partial charge on any atom is -0.480 e. The zero-order chi connectivity index (χ0) is 12.3. The third-order valence-corrected chi connectivity index (χ3v) is 3.94. The SMILES string of the molecule is O=C(O)[C@@H]1CS[C@H](Cc2ccccc2)C(=O)N1. The number of amides is 1. The molecular weight excluding hydrogens is 238 g/mol. The summed E-state index contributed by atoms with van der Waals surface area (Å²) >= 11 is 1.41. The van der Waals surface area contributed by atoms with Gasteiger partial charge in [0.05, 0.1) is 5.25 Å². The molecule has 1 fully saturated rings. The summed E-state index contributed by atoms with van der Waals surface area (Å²) in [5, 5.41) is 11.1. The van der Waals surface area contributed by atoms with E-state index in [1.165, 1.54) is 11.8 Å². The van der Waals surface area contributed by atoms with Crippen LogP contribution in [0.3, 0.4) is 0 Å². The van der Waals surface area contributed by atoms with Gasteiger partial charge in [-0.2, -0.15) is 0 Å². The van der Waals surface area contributed by atoms with Gasteiger partial charge in [0, 0.05) is 5.75 Å². The van der Waals surface area contributed by atoms with Gasteiger partial charge >= 0.3 is 5.97 Å². The van der Waals surface area contributed by atoms with Crippen LogP contribution in [0.4, 0.5) is 0 Å². The lowest BCUT2D eigenvalue weighted by Gasteiger charge is -2.26. The fourth-order valence-electron chi connectivity index (χ4n) is 1.71. The third kappa shape index (κ3) is 3.00. The maximum absolute atomic E-state index is 11.7. The molecule has 1 heterocycles. The van der Waals surface area contributed by atoms with Crippen molar-refractivity contribution in [2.24, 2.45) is 0 Å². The quantitative estimate of drug-likeness (QED) is 0.838. The van der Waals surface area contributed by atoms with E-state index in [0.717, 1.165) is 5.56 Å². The van der Waals surface area contributed by atoms with Crippen LogP contribution in [0, 0.1) is 0 Å². The number of carboxylic acids is 1. The largest absolute Gasteiger partial charge is 0.480 e. The lowest BCUT2D eigenvalue weighted by atomic mass is 10.1. The van der Waals surface area contributed by atoms with E-state index in [0.29, 0.717) is 12.2 Å². The lowest BCUT2D eigenvalue weighted by Crippen LogP contribution is -2.51. The molecule has 0 aliphatic carbocycles. The number of hydrogen-bond acceptors (Lipinski definition) is 3. The highest BCUT2D eigenvalue weighted by molar-refractivity contribution is 8.00. The molecule has 4 nitrogen and oxygen atoms in total. The molecule has 90 valence electrons. The van der Waals surface area contributed by atoms with Gasteiger partial charge in [0.25, 0.3) is 0 Å². The van der Waals surface area contributed by atoms with Crippen molar-refractivity contribution in [3.63, 3.8) is 0 Å². The van der Waals surface area contributed by atoms with Crippen LogP contribution in [0.15, 0.2) is 30.3 Å². The number of benzene rings is 1. The van der Waals surface area contributed by atoms with Gasteiger partial charge in [0.2, 0.25) is 5.91 Å². The highest BCUT2D eigenvalue weighted by atomic mass is 32.2. The molecule has 1 aliphatic rings. The highest BCUT2D eigenvalue weighted by Crippen LogP contribution is 2.21. The van der Waals surface area contributed by atoms with Gasteiger partial charge in [0.15, 0.2) is 0 Å². The summed E-state index contributed by atoms with van der Waals surface area (Å²) in [5.74, 6) is -0.722. The molecule has 1 aliphatic heterocycles. The van der Waals surface area contributed by atoms with E-state index in [1.54, 1.807) is 0 Å². The van der Waals surface area contributed by atoms with Gasteiger partial charge in [-0.3, -0.25) is 4.79 Å². The lowest BCUT2D eigenvalue weighted by molar-refractivity contribution is -0.141. The second-order valence-electron chi connectivity index (χ2n) is 3.91. The minimum atomic E-state index is -0.969. The number of carbonyl (C=O) groups excluding carboxylic acids is 1. The average molecular weight is 251 g/mol. The Morgan fingerprint density at radius 2 is 2.12 bits per heavy atom. The molecule has 0 spiro atoms. The van der Waals surface area contributed by atoms with Crippen molar-refractivity contribution in [2.45, 2.75) is 17.7 Å². The third-order valence-electron chi connectivity index (χ3n) is 2.64. The van der Waals surface area contributed by atoms with Crippen molar-refractivity contribution in [3.05, 3.63) is 35.9 Å². The van der Waals surface area contributed by atoms with Crippen LogP contribution in [-0.2, 0) is 16.0 Å². The van der Waals surface area contributed by atoms with E-state index in [9.17, 15) is 9.59 Å². The van der Waals surface area contributed by atoms with E-state index >= 15 is 0 Å². The van der Waals surface area contributed by atoms with Crippen LogP contribution in [0.1, 0.15) is 5.56 Å². The normalized spacial score (nSPS) is 24.1. The fraction of sp³-hybridized carbons (Fsp3) is 0.333. The maximum atomic E-state index is 11.7. The Hall–Kier alpha value is -1.49. The summed E-state index contributed by atoms with van der Waals surface area (Å²) < 4.78 is 0. The Morgan fingerprint density at radius 1 is 1.41 bits per heavy atom. The Morgan fingerprint density at radius 3 is 2.71 bits per heavy atom. The number of aliphatic carboxylic acids is 1. The molecule has 1 aromatic rings. The molecule has 2 rings (SSSR count). The first-order valence-electron chi connectivity index (χ1n) is 5.35. The minimum absolute atomic E-state index is 0.183. The highest BCUT2D eigenvalue weighted by Gasteiger charge is 2.31. The predicted molar refractivity (Wildman–Crippen MR) is 66.0 cm³/mol. The van der Waals surface area contributed by atoms with Gasteiger partial charge in [-0.05, 0) is 12.0 Å². The van der Waals surface area contributed by atoms with Crippen LogP contribution in [-0.4, -0.2) is 34.0 Å². The molecule has 0 unspecified atom stereocenters. The van der Waals surface area contributed by atoms with Gasteiger partial charge < -0.3 is 10.4 Å². The topological polar surface area (TPSA) is 66.4 Å².